The second kappa shape index (κ2) is 5.05. The molecular formula is C11H18N2OS. The third-order valence-electron chi connectivity index (χ3n) is 2.70. The molecule has 1 saturated heterocycles. The first-order valence-electron chi connectivity index (χ1n) is 5.51. The van der Waals surface area contributed by atoms with E-state index in [0.29, 0.717) is 6.10 Å². The molecule has 0 aromatic carbocycles. The minimum Gasteiger partial charge on any atom is -0.371 e. The predicted molar refractivity (Wildman–Crippen MR) is 62.3 cm³/mol. The van der Waals surface area contributed by atoms with Crippen LogP contribution in [0.15, 0.2) is 0 Å². The minimum atomic E-state index is 0.389. The Balaban J connectivity index is 1.84. The van der Waals surface area contributed by atoms with Gasteiger partial charge in [0.25, 0.3) is 0 Å². The van der Waals surface area contributed by atoms with Crippen molar-refractivity contribution >= 4 is 11.3 Å². The molecule has 15 heavy (non-hydrogen) atoms. The van der Waals surface area contributed by atoms with E-state index in [1.807, 2.05) is 6.92 Å². The molecule has 0 spiro atoms. The van der Waals surface area contributed by atoms with Crippen molar-refractivity contribution in [2.45, 2.75) is 39.4 Å². The standard InChI is InChI=1S/C11H18N2OS/c1-8-11(15-9(2)13-8)7-14-10-4-3-5-12-6-10/h10,12H,3-7H2,1-2H3/t10-/m1/s1. The van der Waals surface area contributed by atoms with Crippen LogP contribution in [0.2, 0.25) is 0 Å². The molecule has 2 rings (SSSR count). The summed E-state index contributed by atoms with van der Waals surface area (Å²) in [6.07, 6.45) is 2.80. The molecule has 0 aliphatic carbocycles. The predicted octanol–water partition coefficient (Wildman–Crippen LogP) is 2.03. The van der Waals surface area contributed by atoms with Gasteiger partial charge in [0.1, 0.15) is 0 Å². The van der Waals surface area contributed by atoms with Crippen molar-refractivity contribution in [3.8, 4) is 0 Å². The van der Waals surface area contributed by atoms with Crippen molar-refractivity contribution in [3.63, 3.8) is 0 Å². The summed E-state index contributed by atoms with van der Waals surface area (Å²) < 4.78 is 5.87. The largest absolute Gasteiger partial charge is 0.371 e. The highest BCUT2D eigenvalue weighted by Gasteiger charge is 2.14. The second-order valence-electron chi connectivity index (χ2n) is 4.02. The van der Waals surface area contributed by atoms with E-state index in [1.54, 1.807) is 11.3 Å². The van der Waals surface area contributed by atoms with Crippen LogP contribution in [0, 0.1) is 13.8 Å². The van der Waals surface area contributed by atoms with E-state index in [9.17, 15) is 0 Å². The maximum Gasteiger partial charge on any atom is 0.0900 e. The first-order chi connectivity index (χ1) is 7.25. The third-order valence-corrected chi connectivity index (χ3v) is 3.75. The van der Waals surface area contributed by atoms with Crippen LogP contribution in [-0.4, -0.2) is 24.2 Å². The summed E-state index contributed by atoms with van der Waals surface area (Å²) in [5.41, 5.74) is 1.13. The Labute approximate surface area is 94.9 Å². The average molecular weight is 226 g/mol. The highest BCUT2D eigenvalue weighted by molar-refractivity contribution is 7.11. The Hall–Kier alpha value is -0.450. The van der Waals surface area contributed by atoms with E-state index in [4.69, 9.17) is 4.74 Å². The second-order valence-corrected chi connectivity index (χ2v) is 5.31. The van der Waals surface area contributed by atoms with Crippen molar-refractivity contribution in [1.29, 1.82) is 0 Å². The number of aromatic nitrogens is 1. The van der Waals surface area contributed by atoms with Gasteiger partial charge in [-0.05, 0) is 33.2 Å². The monoisotopic (exact) mass is 226 g/mol. The minimum absolute atomic E-state index is 0.389. The number of nitrogens with one attached hydrogen (secondary N) is 1. The maximum atomic E-state index is 5.87. The van der Waals surface area contributed by atoms with Crippen molar-refractivity contribution in [2.75, 3.05) is 13.1 Å². The molecule has 1 aromatic heterocycles. The zero-order chi connectivity index (χ0) is 10.7. The molecule has 84 valence electrons. The Morgan fingerprint density at radius 2 is 2.40 bits per heavy atom. The fraction of sp³-hybridized carbons (Fsp3) is 0.727. The van der Waals surface area contributed by atoms with Gasteiger partial charge in [0.15, 0.2) is 0 Å². The van der Waals surface area contributed by atoms with Gasteiger partial charge in [0.2, 0.25) is 0 Å². The molecule has 0 unspecified atom stereocenters. The molecule has 0 bridgehead atoms. The van der Waals surface area contributed by atoms with Gasteiger partial charge in [-0.2, -0.15) is 0 Å². The number of hydrogen-bond donors (Lipinski definition) is 1. The summed E-state index contributed by atoms with van der Waals surface area (Å²) in [7, 11) is 0. The molecule has 4 heteroatoms. The Bertz CT molecular complexity index is 318. The summed E-state index contributed by atoms with van der Waals surface area (Å²) in [4.78, 5) is 5.67. The normalized spacial score (nSPS) is 21.9. The first-order valence-corrected chi connectivity index (χ1v) is 6.32. The highest BCUT2D eigenvalue weighted by Crippen LogP contribution is 2.19. The van der Waals surface area contributed by atoms with Crippen molar-refractivity contribution < 1.29 is 4.74 Å². The average Bonchev–Trinajstić information content (AvgIpc) is 2.56. The smallest absolute Gasteiger partial charge is 0.0900 e. The van der Waals surface area contributed by atoms with Gasteiger partial charge in [0.05, 0.1) is 28.3 Å². The Kier molecular flexibility index (Phi) is 3.72. The molecule has 2 heterocycles. The van der Waals surface area contributed by atoms with Crippen LogP contribution in [0.25, 0.3) is 0 Å². The Morgan fingerprint density at radius 3 is 3.00 bits per heavy atom. The molecule has 3 nitrogen and oxygen atoms in total. The number of nitrogens with zero attached hydrogens (tertiary/aromatic N) is 1. The number of hydrogen-bond acceptors (Lipinski definition) is 4. The fourth-order valence-electron chi connectivity index (χ4n) is 1.86. The van der Waals surface area contributed by atoms with Gasteiger partial charge in [-0.25, -0.2) is 4.98 Å². The molecule has 1 fully saturated rings. The molecule has 1 N–H and O–H groups in total. The quantitative estimate of drug-likeness (QED) is 0.856. The molecule has 1 atom stereocenters. The number of piperidine rings is 1. The molecule has 1 aliphatic heterocycles. The van der Waals surface area contributed by atoms with E-state index in [1.165, 1.54) is 17.7 Å². The van der Waals surface area contributed by atoms with Crippen LogP contribution in [0.3, 0.4) is 0 Å². The van der Waals surface area contributed by atoms with Gasteiger partial charge in [-0.3, -0.25) is 0 Å². The zero-order valence-corrected chi connectivity index (χ0v) is 10.2. The summed E-state index contributed by atoms with van der Waals surface area (Å²) in [5.74, 6) is 0. The Morgan fingerprint density at radius 1 is 1.53 bits per heavy atom. The van der Waals surface area contributed by atoms with Crippen LogP contribution >= 0.6 is 11.3 Å². The van der Waals surface area contributed by atoms with E-state index in [2.05, 4.69) is 17.2 Å². The topological polar surface area (TPSA) is 34.1 Å². The van der Waals surface area contributed by atoms with Gasteiger partial charge in [-0.15, -0.1) is 11.3 Å². The summed E-state index contributed by atoms with van der Waals surface area (Å²) in [6, 6.07) is 0. The lowest BCUT2D eigenvalue weighted by Crippen LogP contribution is -2.35. The molecule has 0 amide bonds. The number of aryl methyl sites for hydroxylation is 2. The number of thiazole rings is 1. The van der Waals surface area contributed by atoms with E-state index in [-0.39, 0.29) is 0 Å². The van der Waals surface area contributed by atoms with E-state index < -0.39 is 0 Å². The van der Waals surface area contributed by atoms with Gasteiger partial charge >= 0.3 is 0 Å². The zero-order valence-electron chi connectivity index (χ0n) is 9.38. The SMILES string of the molecule is Cc1nc(C)c(CO[C@@H]2CCCNC2)s1. The van der Waals surface area contributed by atoms with Crippen molar-refractivity contribution in [1.82, 2.24) is 10.3 Å². The summed E-state index contributed by atoms with van der Waals surface area (Å²) in [6.45, 7) is 6.96. The number of rotatable bonds is 3. The third kappa shape index (κ3) is 3.00. The van der Waals surface area contributed by atoms with E-state index in [0.717, 1.165) is 30.4 Å². The van der Waals surface area contributed by atoms with Crippen LogP contribution in [0.1, 0.15) is 28.4 Å². The summed E-state index contributed by atoms with van der Waals surface area (Å²) >= 11 is 1.75. The van der Waals surface area contributed by atoms with Crippen molar-refractivity contribution in [3.05, 3.63) is 15.6 Å². The van der Waals surface area contributed by atoms with Crippen molar-refractivity contribution in [2.24, 2.45) is 0 Å². The molecular weight excluding hydrogens is 208 g/mol. The van der Waals surface area contributed by atoms with Gasteiger partial charge in [-0.1, -0.05) is 0 Å². The molecule has 0 saturated carbocycles. The first kappa shape index (κ1) is 11.0. The lowest BCUT2D eigenvalue weighted by Gasteiger charge is -2.22. The number of ether oxygens (including phenoxy) is 1. The van der Waals surface area contributed by atoms with Gasteiger partial charge in [0, 0.05) is 6.54 Å². The molecule has 0 radical (unpaired) electrons. The fourth-order valence-corrected chi connectivity index (χ4v) is 2.72. The highest BCUT2D eigenvalue weighted by atomic mass is 32.1. The lowest BCUT2D eigenvalue weighted by molar-refractivity contribution is 0.0264. The van der Waals surface area contributed by atoms with Crippen LogP contribution in [-0.2, 0) is 11.3 Å². The van der Waals surface area contributed by atoms with Crippen LogP contribution in [0.4, 0.5) is 0 Å². The maximum absolute atomic E-state index is 5.87. The lowest BCUT2D eigenvalue weighted by atomic mass is 10.1. The van der Waals surface area contributed by atoms with Crippen LogP contribution in [0.5, 0.6) is 0 Å². The van der Waals surface area contributed by atoms with Crippen LogP contribution < -0.4 is 5.32 Å². The summed E-state index contributed by atoms with van der Waals surface area (Å²) in [5, 5.41) is 4.49. The molecule has 1 aliphatic rings. The van der Waals surface area contributed by atoms with Gasteiger partial charge < -0.3 is 10.1 Å². The molecule has 1 aromatic rings. The van der Waals surface area contributed by atoms with E-state index >= 15 is 0 Å².